The van der Waals surface area contributed by atoms with Gasteiger partial charge < -0.3 is 14.6 Å². The molecule has 2 rings (SSSR count). The average molecular weight is 505 g/mol. The second-order valence-corrected chi connectivity index (χ2v) is 11.8. The Labute approximate surface area is 210 Å². The highest BCUT2D eigenvalue weighted by Gasteiger charge is 2.51. The number of benzene rings is 1. The summed E-state index contributed by atoms with van der Waals surface area (Å²) >= 11 is 0. The van der Waals surface area contributed by atoms with Gasteiger partial charge in [-0.3, -0.25) is 4.79 Å². The van der Waals surface area contributed by atoms with E-state index in [0.29, 0.717) is 11.3 Å². The second kappa shape index (κ2) is 13.2. The molecule has 1 aliphatic rings. The molecular formula is C28H40O6S. The molecule has 0 radical (unpaired) electrons. The fourth-order valence-electron chi connectivity index (χ4n) is 3.95. The summed E-state index contributed by atoms with van der Waals surface area (Å²) in [6.07, 6.45) is 9.36. The van der Waals surface area contributed by atoms with Gasteiger partial charge in [0, 0.05) is 6.92 Å². The molecule has 7 heteroatoms. The van der Waals surface area contributed by atoms with Crippen LogP contribution in [0.25, 0.3) is 0 Å². The van der Waals surface area contributed by atoms with E-state index in [2.05, 4.69) is 6.08 Å². The lowest BCUT2D eigenvalue weighted by Gasteiger charge is -2.17. The summed E-state index contributed by atoms with van der Waals surface area (Å²) in [7, 11) is -3.55. The third-order valence-electron chi connectivity index (χ3n) is 6.36. The number of sulfone groups is 1. The predicted octanol–water partition coefficient (Wildman–Crippen LogP) is 5.33. The molecule has 0 aliphatic carbocycles. The molecule has 0 saturated carbocycles. The Hall–Kier alpha value is -2.22. The molecule has 0 spiro atoms. The second-order valence-electron chi connectivity index (χ2n) is 9.67. The normalized spacial score (nSPS) is 22.1. The maximum atomic E-state index is 13.5. The van der Waals surface area contributed by atoms with Crippen LogP contribution in [0.15, 0.2) is 70.2 Å². The van der Waals surface area contributed by atoms with Crippen LogP contribution >= 0.6 is 0 Å². The molecule has 0 amide bonds. The summed E-state index contributed by atoms with van der Waals surface area (Å²) in [6.45, 7) is 9.47. The number of esters is 1. The highest BCUT2D eigenvalue weighted by atomic mass is 32.2. The number of epoxide rings is 1. The van der Waals surface area contributed by atoms with Crippen LogP contribution in [-0.4, -0.2) is 49.7 Å². The largest absolute Gasteiger partial charge is 0.462 e. The monoisotopic (exact) mass is 504 g/mol. The number of hydrogen-bond donors (Lipinski definition) is 1. The van der Waals surface area contributed by atoms with Gasteiger partial charge in [-0.2, -0.15) is 0 Å². The summed E-state index contributed by atoms with van der Waals surface area (Å²) in [5, 5.41) is 8.74. The summed E-state index contributed by atoms with van der Waals surface area (Å²) in [5.74, 6) is -0.300. The van der Waals surface area contributed by atoms with E-state index in [0.717, 1.165) is 42.4 Å². The van der Waals surface area contributed by atoms with Crippen molar-refractivity contribution in [1.82, 2.24) is 0 Å². The zero-order chi connectivity index (χ0) is 26.1. The van der Waals surface area contributed by atoms with Crippen LogP contribution in [0.2, 0.25) is 0 Å². The maximum Gasteiger partial charge on any atom is 0.302 e. The molecule has 0 aromatic heterocycles. The molecule has 194 valence electrons. The number of ether oxygens (including phenoxy) is 2. The minimum Gasteiger partial charge on any atom is -0.462 e. The molecule has 3 atom stereocenters. The van der Waals surface area contributed by atoms with Gasteiger partial charge in [-0.25, -0.2) is 8.42 Å². The molecule has 0 bridgehead atoms. The highest BCUT2D eigenvalue weighted by Crippen LogP contribution is 2.39. The van der Waals surface area contributed by atoms with E-state index >= 15 is 0 Å². The molecule has 35 heavy (non-hydrogen) atoms. The first-order valence-corrected chi connectivity index (χ1v) is 13.7. The zero-order valence-electron chi connectivity index (χ0n) is 21.6. The predicted molar refractivity (Wildman–Crippen MR) is 139 cm³/mol. The van der Waals surface area contributed by atoms with Gasteiger partial charge in [-0.05, 0) is 78.0 Å². The van der Waals surface area contributed by atoms with Gasteiger partial charge in [0.05, 0.1) is 22.9 Å². The smallest absolute Gasteiger partial charge is 0.302 e. The lowest BCUT2D eigenvalue weighted by Crippen LogP contribution is -2.20. The Morgan fingerprint density at radius 3 is 2.37 bits per heavy atom. The third-order valence-corrected chi connectivity index (χ3v) is 8.39. The van der Waals surface area contributed by atoms with Gasteiger partial charge in [0.2, 0.25) is 0 Å². The topological polar surface area (TPSA) is 93.2 Å². The summed E-state index contributed by atoms with van der Waals surface area (Å²) in [4.78, 5) is 11.2. The van der Waals surface area contributed by atoms with Crippen molar-refractivity contribution in [3.8, 4) is 0 Å². The fourth-order valence-corrected chi connectivity index (χ4v) is 5.73. The van der Waals surface area contributed by atoms with Crippen LogP contribution in [0.4, 0.5) is 0 Å². The van der Waals surface area contributed by atoms with Gasteiger partial charge in [-0.15, -0.1) is 0 Å². The minimum atomic E-state index is -3.55. The van der Waals surface area contributed by atoms with Crippen molar-refractivity contribution in [2.45, 2.75) is 88.6 Å². The SMILES string of the molecule is CC(=O)OC/C=C(\C)CC/C=C(\C)CC(/C=C(\C)CCC1OC1(C)CO)S(=O)(=O)c1ccccc1. The Bertz CT molecular complexity index is 1040. The number of aliphatic hydroxyl groups is 1. The average Bonchev–Trinajstić information content (AvgIpc) is 3.48. The molecule has 1 saturated heterocycles. The Balaban J connectivity index is 2.09. The number of aliphatic hydroxyl groups excluding tert-OH is 1. The van der Waals surface area contributed by atoms with Crippen molar-refractivity contribution in [3.63, 3.8) is 0 Å². The fraction of sp³-hybridized carbons (Fsp3) is 0.536. The standard InChI is InChI=1S/C28H40O6S/c1-21(16-17-33-24(4)30)10-9-11-22(2)18-26(35(31,32)25-12-7-6-8-13-25)19-23(3)14-15-27-28(5,20-29)34-27/h6-8,11-13,16,19,26-27,29H,9-10,14-15,17-18,20H2,1-5H3/b21-16+,22-11+,23-19+. The zero-order valence-corrected chi connectivity index (χ0v) is 22.4. The molecular weight excluding hydrogens is 464 g/mol. The van der Waals surface area contributed by atoms with Gasteiger partial charge in [0.25, 0.3) is 0 Å². The lowest BCUT2D eigenvalue weighted by atomic mass is 10.0. The summed E-state index contributed by atoms with van der Waals surface area (Å²) < 4.78 is 37.5. The van der Waals surface area contributed by atoms with Crippen LogP contribution in [0.1, 0.15) is 66.7 Å². The number of allylic oxidation sites excluding steroid dienone is 4. The maximum absolute atomic E-state index is 13.5. The van der Waals surface area contributed by atoms with Crippen molar-refractivity contribution in [3.05, 3.63) is 65.3 Å². The third kappa shape index (κ3) is 9.39. The molecule has 1 N–H and O–H groups in total. The van der Waals surface area contributed by atoms with Crippen molar-refractivity contribution in [2.75, 3.05) is 13.2 Å². The Kier molecular flexibility index (Phi) is 10.9. The molecule has 1 aliphatic heterocycles. The van der Waals surface area contributed by atoms with E-state index in [9.17, 15) is 18.3 Å². The Morgan fingerprint density at radius 2 is 1.77 bits per heavy atom. The van der Waals surface area contributed by atoms with Gasteiger partial charge >= 0.3 is 5.97 Å². The minimum absolute atomic E-state index is 0.00611. The Morgan fingerprint density at radius 1 is 1.09 bits per heavy atom. The quantitative estimate of drug-likeness (QED) is 0.209. The number of hydrogen-bond acceptors (Lipinski definition) is 6. The van der Waals surface area contributed by atoms with E-state index < -0.39 is 20.7 Å². The van der Waals surface area contributed by atoms with E-state index in [1.54, 1.807) is 24.3 Å². The van der Waals surface area contributed by atoms with Crippen LogP contribution < -0.4 is 0 Å². The van der Waals surface area contributed by atoms with Crippen LogP contribution in [0.3, 0.4) is 0 Å². The van der Waals surface area contributed by atoms with E-state index in [1.807, 2.05) is 45.9 Å². The van der Waals surface area contributed by atoms with Crippen molar-refractivity contribution >= 4 is 15.8 Å². The van der Waals surface area contributed by atoms with Gasteiger partial charge in [0.1, 0.15) is 12.2 Å². The lowest BCUT2D eigenvalue weighted by molar-refractivity contribution is -0.139. The molecule has 1 heterocycles. The number of carbonyl (C=O) groups is 1. The van der Waals surface area contributed by atoms with E-state index in [4.69, 9.17) is 9.47 Å². The van der Waals surface area contributed by atoms with E-state index in [-0.39, 0.29) is 25.3 Å². The van der Waals surface area contributed by atoms with Crippen LogP contribution in [-0.2, 0) is 24.1 Å². The first-order chi connectivity index (χ1) is 16.5. The first-order valence-electron chi connectivity index (χ1n) is 12.2. The van der Waals surface area contributed by atoms with Crippen LogP contribution in [0, 0.1) is 0 Å². The van der Waals surface area contributed by atoms with Gasteiger partial charge in [0.15, 0.2) is 9.84 Å². The summed E-state index contributed by atoms with van der Waals surface area (Å²) in [5.41, 5.74) is 2.68. The van der Waals surface area contributed by atoms with Crippen molar-refractivity contribution < 1.29 is 27.8 Å². The molecule has 1 aromatic rings. The van der Waals surface area contributed by atoms with Crippen molar-refractivity contribution in [1.29, 1.82) is 0 Å². The molecule has 3 unspecified atom stereocenters. The molecule has 6 nitrogen and oxygen atoms in total. The first kappa shape index (κ1) is 29.0. The molecule has 1 fully saturated rings. The number of rotatable bonds is 14. The van der Waals surface area contributed by atoms with Crippen LogP contribution in [0.5, 0.6) is 0 Å². The van der Waals surface area contributed by atoms with Crippen molar-refractivity contribution in [2.24, 2.45) is 0 Å². The summed E-state index contributed by atoms with van der Waals surface area (Å²) in [6, 6.07) is 8.59. The number of carbonyl (C=O) groups excluding carboxylic acids is 1. The van der Waals surface area contributed by atoms with Gasteiger partial charge in [-0.1, -0.05) is 47.1 Å². The van der Waals surface area contributed by atoms with E-state index in [1.165, 1.54) is 6.92 Å². The highest BCUT2D eigenvalue weighted by molar-refractivity contribution is 7.92. The molecule has 1 aromatic carbocycles.